The average Bonchev–Trinajstić information content (AvgIpc) is 2.98. The largest absolute Gasteiger partial charge is 0.493 e. The third-order valence-electron chi connectivity index (χ3n) is 4.95. The quantitative estimate of drug-likeness (QED) is 0.694. The van der Waals surface area contributed by atoms with Gasteiger partial charge in [-0.05, 0) is 43.2 Å². The van der Waals surface area contributed by atoms with Gasteiger partial charge in [-0.25, -0.2) is 0 Å². The summed E-state index contributed by atoms with van der Waals surface area (Å²) < 4.78 is 10.5. The number of hydrogen-bond donors (Lipinski definition) is 1. The van der Waals surface area contributed by atoms with Crippen LogP contribution in [-0.2, 0) is 4.79 Å². The zero-order valence-corrected chi connectivity index (χ0v) is 16.7. The minimum absolute atomic E-state index is 0.149. The Hall–Kier alpha value is -3.35. The number of carbonyl (C=O) groups excluding carboxylic acids is 3. The topological polar surface area (TPSA) is 84.9 Å². The summed E-state index contributed by atoms with van der Waals surface area (Å²) in [5, 5.41) is 2.93. The van der Waals surface area contributed by atoms with Crippen molar-refractivity contribution in [1.29, 1.82) is 0 Å². The number of nitrogens with zero attached hydrogens (tertiary/aromatic N) is 1. The zero-order chi connectivity index (χ0) is 21.0. The van der Waals surface area contributed by atoms with Crippen LogP contribution in [0, 0.1) is 0 Å². The van der Waals surface area contributed by atoms with E-state index < -0.39 is 0 Å². The van der Waals surface area contributed by atoms with Gasteiger partial charge in [-0.15, -0.1) is 0 Å². The summed E-state index contributed by atoms with van der Waals surface area (Å²) in [7, 11) is 3.13. The van der Waals surface area contributed by atoms with Crippen molar-refractivity contribution in [2.45, 2.75) is 25.8 Å². The maximum absolute atomic E-state index is 12.3. The fourth-order valence-electron chi connectivity index (χ4n) is 3.36. The highest BCUT2D eigenvalue weighted by Gasteiger charge is 2.34. The molecule has 0 saturated heterocycles. The molecule has 0 spiro atoms. The van der Waals surface area contributed by atoms with E-state index in [0.717, 1.165) is 5.56 Å². The van der Waals surface area contributed by atoms with Crippen molar-refractivity contribution in [1.82, 2.24) is 10.2 Å². The van der Waals surface area contributed by atoms with Crippen molar-refractivity contribution in [3.63, 3.8) is 0 Å². The van der Waals surface area contributed by atoms with Crippen LogP contribution in [0.2, 0.25) is 0 Å². The summed E-state index contributed by atoms with van der Waals surface area (Å²) in [4.78, 5) is 38.2. The van der Waals surface area contributed by atoms with Crippen LogP contribution < -0.4 is 14.8 Å². The predicted octanol–water partition coefficient (Wildman–Crippen LogP) is 2.96. The van der Waals surface area contributed by atoms with Gasteiger partial charge in [-0.3, -0.25) is 19.3 Å². The third kappa shape index (κ3) is 4.23. The van der Waals surface area contributed by atoms with Gasteiger partial charge in [0.2, 0.25) is 5.91 Å². The minimum atomic E-state index is -0.301. The second-order valence-electron chi connectivity index (χ2n) is 6.81. The van der Waals surface area contributed by atoms with Gasteiger partial charge >= 0.3 is 0 Å². The first-order valence-corrected chi connectivity index (χ1v) is 9.42. The first kappa shape index (κ1) is 20.4. The number of benzene rings is 2. The number of rotatable bonds is 8. The predicted molar refractivity (Wildman–Crippen MR) is 107 cm³/mol. The second-order valence-corrected chi connectivity index (χ2v) is 6.81. The van der Waals surface area contributed by atoms with Gasteiger partial charge in [0.1, 0.15) is 0 Å². The highest BCUT2D eigenvalue weighted by Crippen LogP contribution is 2.30. The van der Waals surface area contributed by atoms with Gasteiger partial charge in [0.05, 0.1) is 31.4 Å². The van der Waals surface area contributed by atoms with Gasteiger partial charge in [0.25, 0.3) is 11.8 Å². The highest BCUT2D eigenvalue weighted by molar-refractivity contribution is 6.21. The number of imide groups is 1. The summed E-state index contributed by atoms with van der Waals surface area (Å²) in [6.07, 6.45) is 0.612. The molecule has 0 saturated carbocycles. The molecule has 0 fully saturated rings. The molecule has 1 atom stereocenters. The van der Waals surface area contributed by atoms with Gasteiger partial charge in [0, 0.05) is 13.0 Å². The second kappa shape index (κ2) is 8.77. The summed E-state index contributed by atoms with van der Waals surface area (Å²) in [6.45, 7) is 2.09. The van der Waals surface area contributed by atoms with Crippen LogP contribution in [0.15, 0.2) is 42.5 Å². The zero-order valence-electron chi connectivity index (χ0n) is 16.7. The minimum Gasteiger partial charge on any atom is -0.493 e. The van der Waals surface area contributed by atoms with Crippen LogP contribution in [0.5, 0.6) is 11.5 Å². The molecular formula is C22H24N2O5. The summed E-state index contributed by atoms with van der Waals surface area (Å²) in [5.41, 5.74) is 1.73. The fraction of sp³-hybridized carbons (Fsp3) is 0.318. The van der Waals surface area contributed by atoms with Crippen molar-refractivity contribution < 1.29 is 23.9 Å². The van der Waals surface area contributed by atoms with E-state index in [9.17, 15) is 14.4 Å². The number of carbonyl (C=O) groups is 3. The molecule has 1 aliphatic heterocycles. The first-order valence-electron chi connectivity index (χ1n) is 9.42. The van der Waals surface area contributed by atoms with E-state index in [1.807, 2.05) is 19.1 Å². The lowest BCUT2D eigenvalue weighted by atomic mass is 10.1. The smallest absolute Gasteiger partial charge is 0.261 e. The lowest BCUT2D eigenvalue weighted by Gasteiger charge is -2.17. The average molecular weight is 396 g/mol. The molecule has 1 aliphatic rings. The SMILES string of the molecule is COc1ccc([C@@H](C)NC(=O)CCCN2C(=O)c3ccccc3C2=O)cc1OC. The molecule has 152 valence electrons. The Balaban J connectivity index is 1.52. The van der Waals surface area contributed by atoms with E-state index in [1.54, 1.807) is 44.6 Å². The Labute approximate surface area is 169 Å². The van der Waals surface area contributed by atoms with Crippen LogP contribution in [0.3, 0.4) is 0 Å². The number of nitrogens with one attached hydrogen (secondary N) is 1. The number of hydrogen-bond acceptors (Lipinski definition) is 5. The Morgan fingerprint density at radius 3 is 2.21 bits per heavy atom. The van der Waals surface area contributed by atoms with Gasteiger partial charge in [-0.1, -0.05) is 18.2 Å². The molecule has 7 nitrogen and oxygen atoms in total. The van der Waals surface area contributed by atoms with Crippen molar-refractivity contribution in [2.24, 2.45) is 0 Å². The lowest BCUT2D eigenvalue weighted by Crippen LogP contribution is -2.32. The first-order chi connectivity index (χ1) is 14.0. The number of amides is 3. The lowest BCUT2D eigenvalue weighted by molar-refractivity contribution is -0.121. The van der Waals surface area contributed by atoms with Crippen molar-refractivity contribution >= 4 is 17.7 Å². The number of fused-ring (bicyclic) bond motifs is 1. The third-order valence-corrected chi connectivity index (χ3v) is 4.95. The Kier molecular flexibility index (Phi) is 6.16. The normalized spacial score (nSPS) is 13.8. The maximum Gasteiger partial charge on any atom is 0.261 e. The molecular weight excluding hydrogens is 372 g/mol. The van der Waals surface area contributed by atoms with Crippen LogP contribution >= 0.6 is 0 Å². The molecule has 0 aliphatic carbocycles. The van der Waals surface area contributed by atoms with Crippen molar-refractivity contribution in [3.8, 4) is 11.5 Å². The molecule has 3 amide bonds. The molecule has 0 radical (unpaired) electrons. The van der Waals surface area contributed by atoms with Gasteiger partial charge < -0.3 is 14.8 Å². The Morgan fingerprint density at radius 2 is 1.62 bits per heavy atom. The molecule has 0 bridgehead atoms. The van der Waals surface area contributed by atoms with Crippen LogP contribution in [0.25, 0.3) is 0 Å². The summed E-state index contributed by atoms with van der Waals surface area (Å²) in [5.74, 6) is 0.464. The summed E-state index contributed by atoms with van der Waals surface area (Å²) in [6, 6.07) is 12.0. The molecule has 29 heavy (non-hydrogen) atoms. The van der Waals surface area contributed by atoms with Crippen LogP contribution in [-0.4, -0.2) is 43.4 Å². The van der Waals surface area contributed by atoms with Crippen LogP contribution in [0.1, 0.15) is 52.1 Å². The fourth-order valence-corrected chi connectivity index (χ4v) is 3.36. The molecule has 1 N–H and O–H groups in total. The monoisotopic (exact) mass is 396 g/mol. The van der Waals surface area contributed by atoms with E-state index in [4.69, 9.17) is 9.47 Å². The standard InChI is InChI=1S/C22H24N2O5/c1-14(15-10-11-18(28-2)19(13-15)29-3)23-20(25)9-6-12-24-21(26)16-7-4-5-8-17(16)22(24)27/h4-5,7-8,10-11,13-14H,6,9,12H2,1-3H3,(H,23,25)/t14-/m1/s1. The van der Waals surface area contributed by atoms with Crippen molar-refractivity contribution in [2.75, 3.05) is 20.8 Å². The summed E-state index contributed by atoms with van der Waals surface area (Å²) >= 11 is 0. The van der Waals surface area contributed by atoms with E-state index in [2.05, 4.69) is 5.32 Å². The number of ether oxygens (including phenoxy) is 2. The van der Waals surface area contributed by atoms with Crippen molar-refractivity contribution in [3.05, 3.63) is 59.2 Å². The molecule has 0 aromatic heterocycles. The van der Waals surface area contributed by atoms with Crippen LogP contribution in [0.4, 0.5) is 0 Å². The molecule has 2 aromatic carbocycles. The molecule has 1 heterocycles. The molecule has 7 heteroatoms. The van der Waals surface area contributed by atoms with Gasteiger partial charge in [0.15, 0.2) is 11.5 Å². The van der Waals surface area contributed by atoms with E-state index in [-0.39, 0.29) is 36.7 Å². The van der Waals surface area contributed by atoms with E-state index >= 15 is 0 Å². The van der Waals surface area contributed by atoms with Gasteiger partial charge in [-0.2, -0.15) is 0 Å². The highest BCUT2D eigenvalue weighted by atomic mass is 16.5. The number of methoxy groups -OCH3 is 2. The molecule has 3 rings (SSSR count). The molecule has 0 unspecified atom stereocenters. The van der Waals surface area contributed by atoms with E-state index in [0.29, 0.717) is 29.0 Å². The maximum atomic E-state index is 12.3. The molecule has 2 aromatic rings. The van der Waals surface area contributed by atoms with E-state index in [1.165, 1.54) is 4.90 Å². The Bertz CT molecular complexity index is 906. The Morgan fingerprint density at radius 1 is 1.00 bits per heavy atom.